The fraction of sp³-hybridized carbons (Fsp3) is 0.467. The van der Waals surface area contributed by atoms with E-state index in [2.05, 4.69) is 54.7 Å². The highest BCUT2D eigenvalue weighted by Gasteiger charge is 2.11. The summed E-state index contributed by atoms with van der Waals surface area (Å²) in [4.78, 5) is 0. The van der Waals surface area contributed by atoms with Crippen molar-refractivity contribution < 1.29 is 0 Å². The molecule has 1 aromatic rings. The number of nitrogens with one attached hydrogen (secondary N) is 1. The van der Waals surface area contributed by atoms with Crippen LogP contribution in [0.5, 0.6) is 0 Å². The Hall–Kier alpha value is -1.08. The summed E-state index contributed by atoms with van der Waals surface area (Å²) in [6.45, 7) is 3.38. The van der Waals surface area contributed by atoms with Crippen molar-refractivity contribution in [1.29, 1.82) is 0 Å². The quantitative estimate of drug-likeness (QED) is 0.755. The Balaban J connectivity index is 1.79. The molecule has 0 saturated carbocycles. The van der Waals surface area contributed by atoms with Gasteiger partial charge in [-0.1, -0.05) is 42.5 Å². The first-order chi connectivity index (χ1) is 7.86. The Kier molecular flexibility index (Phi) is 4.17. The number of hydrogen-bond donors (Lipinski definition) is 1. The van der Waals surface area contributed by atoms with E-state index >= 15 is 0 Å². The van der Waals surface area contributed by atoms with Gasteiger partial charge in [-0.15, -0.1) is 0 Å². The topological polar surface area (TPSA) is 12.0 Å². The predicted octanol–water partition coefficient (Wildman–Crippen LogP) is 3.69. The number of rotatable bonds is 4. The maximum absolute atomic E-state index is 3.63. The van der Waals surface area contributed by atoms with E-state index in [0.717, 1.165) is 12.5 Å². The summed E-state index contributed by atoms with van der Waals surface area (Å²) in [5, 5.41) is 3.63. The molecule has 0 bridgehead atoms. The normalized spacial score (nSPS) is 21.9. The van der Waals surface area contributed by atoms with Gasteiger partial charge in [-0.3, -0.25) is 0 Å². The first-order valence-electron chi connectivity index (χ1n) is 6.29. The molecule has 0 fully saturated rings. The van der Waals surface area contributed by atoms with Gasteiger partial charge in [0.2, 0.25) is 0 Å². The summed E-state index contributed by atoms with van der Waals surface area (Å²) in [5.74, 6) is 0.830. The van der Waals surface area contributed by atoms with E-state index in [1.54, 1.807) is 0 Å². The van der Waals surface area contributed by atoms with Crippen molar-refractivity contribution in [3.05, 3.63) is 48.0 Å². The van der Waals surface area contributed by atoms with Crippen molar-refractivity contribution in [3.63, 3.8) is 0 Å². The minimum Gasteiger partial charge on any atom is -0.310 e. The highest BCUT2D eigenvalue weighted by molar-refractivity contribution is 5.18. The van der Waals surface area contributed by atoms with Gasteiger partial charge in [0.05, 0.1) is 0 Å². The first kappa shape index (κ1) is 11.4. The van der Waals surface area contributed by atoms with Gasteiger partial charge in [0, 0.05) is 6.04 Å². The molecule has 0 heterocycles. The SMILES string of the molecule is C[C@@H](NCC1CC=CCC1)c1ccccc1. The second-order valence-corrected chi connectivity index (χ2v) is 4.69. The molecule has 0 amide bonds. The van der Waals surface area contributed by atoms with Crippen LogP contribution in [0.1, 0.15) is 37.8 Å². The molecule has 86 valence electrons. The molecule has 0 aliphatic heterocycles. The summed E-state index contributed by atoms with van der Waals surface area (Å²) >= 11 is 0. The van der Waals surface area contributed by atoms with E-state index in [1.165, 1.54) is 24.8 Å². The Labute approximate surface area is 98.6 Å². The third-order valence-electron chi connectivity index (χ3n) is 3.39. The van der Waals surface area contributed by atoms with Gasteiger partial charge < -0.3 is 5.32 Å². The molecule has 16 heavy (non-hydrogen) atoms. The zero-order valence-electron chi connectivity index (χ0n) is 10.0. The summed E-state index contributed by atoms with van der Waals surface area (Å²) in [6.07, 6.45) is 8.46. The van der Waals surface area contributed by atoms with E-state index < -0.39 is 0 Å². The molecule has 1 N–H and O–H groups in total. The number of allylic oxidation sites excluding steroid dienone is 2. The molecule has 0 radical (unpaired) electrons. The smallest absolute Gasteiger partial charge is 0.0291 e. The molecule has 1 heteroatoms. The minimum absolute atomic E-state index is 0.465. The third kappa shape index (κ3) is 3.21. The molecule has 1 nitrogen and oxygen atoms in total. The minimum atomic E-state index is 0.465. The Morgan fingerprint density at radius 3 is 2.75 bits per heavy atom. The van der Waals surface area contributed by atoms with Crippen molar-refractivity contribution >= 4 is 0 Å². The standard InChI is InChI=1S/C15H21N/c1-13(15-10-6-3-7-11-15)16-12-14-8-4-2-5-9-14/h2-4,6-7,10-11,13-14,16H,5,8-9,12H2,1H3/t13-,14?/m1/s1. The lowest BCUT2D eigenvalue weighted by molar-refractivity contribution is 0.415. The number of hydrogen-bond acceptors (Lipinski definition) is 1. The molecular weight excluding hydrogens is 194 g/mol. The van der Waals surface area contributed by atoms with Crippen molar-refractivity contribution in [2.45, 2.75) is 32.2 Å². The van der Waals surface area contributed by atoms with Crippen LogP contribution in [0.3, 0.4) is 0 Å². The van der Waals surface area contributed by atoms with Gasteiger partial charge >= 0.3 is 0 Å². The second-order valence-electron chi connectivity index (χ2n) is 4.69. The van der Waals surface area contributed by atoms with Crippen LogP contribution in [0.4, 0.5) is 0 Å². The zero-order chi connectivity index (χ0) is 11.2. The van der Waals surface area contributed by atoms with Crippen LogP contribution in [-0.4, -0.2) is 6.54 Å². The van der Waals surface area contributed by atoms with Gasteiger partial charge in [0.15, 0.2) is 0 Å². The van der Waals surface area contributed by atoms with Crippen LogP contribution in [0.25, 0.3) is 0 Å². The fourth-order valence-electron chi connectivity index (χ4n) is 2.24. The predicted molar refractivity (Wildman–Crippen MR) is 69.3 cm³/mol. The van der Waals surface area contributed by atoms with Crippen molar-refractivity contribution in [3.8, 4) is 0 Å². The molecule has 0 aromatic heterocycles. The molecule has 2 rings (SSSR count). The van der Waals surface area contributed by atoms with Gasteiger partial charge in [-0.2, -0.15) is 0 Å². The Morgan fingerprint density at radius 2 is 2.06 bits per heavy atom. The Bertz CT molecular complexity index is 329. The van der Waals surface area contributed by atoms with Gasteiger partial charge in [-0.05, 0) is 44.2 Å². The van der Waals surface area contributed by atoms with Crippen LogP contribution < -0.4 is 5.32 Å². The summed E-state index contributed by atoms with van der Waals surface area (Å²) < 4.78 is 0. The molecule has 2 atom stereocenters. The van der Waals surface area contributed by atoms with Gasteiger partial charge in [-0.25, -0.2) is 0 Å². The van der Waals surface area contributed by atoms with Gasteiger partial charge in [0.1, 0.15) is 0 Å². The summed E-state index contributed by atoms with van der Waals surface area (Å²) in [7, 11) is 0. The lowest BCUT2D eigenvalue weighted by Crippen LogP contribution is -2.26. The van der Waals surface area contributed by atoms with E-state index in [9.17, 15) is 0 Å². The lowest BCUT2D eigenvalue weighted by atomic mass is 9.94. The molecule has 1 aliphatic rings. The average Bonchev–Trinajstić information content (AvgIpc) is 2.38. The molecule has 1 unspecified atom stereocenters. The highest BCUT2D eigenvalue weighted by Crippen LogP contribution is 2.19. The Morgan fingerprint density at radius 1 is 1.25 bits per heavy atom. The molecule has 1 aromatic carbocycles. The average molecular weight is 215 g/mol. The van der Waals surface area contributed by atoms with Gasteiger partial charge in [0.25, 0.3) is 0 Å². The molecular formula is C15H21N. The van der Waals surface area contributed by atoms with Crippen LogP contribution >= 0.6 is 0 Å². The maximum atomic E-state index is 3.63. The summed E-state index contributed by atoms with van der Waals surface area (Å²) in [5.41, 5.74) is 1.38. The van der Waals surface area contributed by atoms with Crippen LogP contribution in [0.15, 0.2) is 42.5 Å². The van der Waals surface area contributed by atoms with Crippen molar-refractivity contribution in [1.82, 2.24) is 5.32 Å². The molecule has 0 saturated heterocycles. The van der Waals surface area contributed by atoms with E-state index in [-0.39, 0.29) is 0 Å². The maximum Gasteiger partial charge on any atom is 0.0291 e. The van der Waals surface area contributed by atoms with Crippen LogP contribution in [0.2, 0.25) is 0 Å². The zero-order valence-corrected chi connectivity index (χ0v) is 10.0. The van der Waals surface area contributed by atoms with E-state index in [4.69, 9.17) is 0 Å². The van der Waals surface area contributed by atoms with E-state index in [1.807, 2.05) is 0 Å². The third-order valence-corrected chi connectivity index (χ3v) is 3.39. The highest BCUT2D eigenvalue weighted by atomic mass is 14.9. The van der Waals surface area contributed by atoms with Crippen LogP contribution in [0, 0.1) is 5.92 Å². The van der Waals surface area contributed by atoms with Crippen molar-refractivity contribution in [2.75, 3.05) is 6.54 Å². The molecule has 0 spiro atoms. The first-order valence-corrected chi connectivity index (χ1v) is 6.29. The van der Waals surface area contributed by atoms with E-state index in [0.29, 0.717) is 6.04 Å². The van der Waals surface area contributed by atoms with Crippen molar-refractivity contribution in [2.24, 2.45) is 5.92 Å². The second kappa shape index (κ2) is 5.86. The number of benzene rings is 1. The van der Waals surface area contributed by atoms with Crippen LogP contribution in [-0.2, 0) is 0 Å². The summed E-state index contributed by atoms with van der Waals surface area (Å²) in [6, 6.07) is 11.1. The fourth-order valence-corrected chi connectivity index (χ4v) is 2.24. The monoisotopic (exact) mass is 215 g/mol. The molecule has 1 aliphatic carbocycles. The lowest BCUT2D eigenvalue weighted by Gasteiger charge is -2.21. The largest absolute Gasteiger partial charge is 0.310 e.